The van der Waals surface area contributed by atoms with Crippen LogP contribution in [0.25, 0.3) is 0 Å². The molecule has 0 unspecified atom stereocenters. The van der Waals surface area contributed by atoms with Gasteiger partial charge in [-0.05, 0) is 122 Å². The van der Waals surface area contributed by atoms with E-state index in [0.717, 1.165) is 84.3 Å². The maximum atomic E-state index is 4.48. The molecule has 0 fully saturated rings. The summed E-state index contributed by atoms with van der Waals surface area (Å²) in [6.07, 6.45) is 12.3. The fourth-order valence-electron chi connectivity index (χ4n) is 3.36. The third-order valence-electron chi connectivity index (χ3n) is 5.42. The molecule has 0 aromatic carbocycles. The monoisotopic (exact) mass is 472 g/mol. The third kappa shape index (κ3) is 26.1. The zero-order chi connectivity index (χ0) is 23.4. The highest BCUT2D eigenvalue weighted by molar-refractivity contribution is 7.80. The van der Waals surface area contributed by atoms with E-state index in [4.69, 9.17) is 0 Å². The van der Waals surface area contributed by atoms with Crippen LogP contribution in [0.5, 0.6) is 0 Å². The van der Waals surface area contributed by atoms with E-state index in [0.29, 0.717) is 0 Å². The highest BCUT2D eigenvalue weighted by Gasteiger charge is 1.96. The summed E-state index contributed by atoms with van der Waals surface area (Å²) in [6, 6.07) is 0. The van der Waals surface area contributed by atoms with Gasteiger partial charge in [0.05, 0.1) is 0 Å². The van der Waals surface area contributed by atoms with Crippen LogP contribution in [0.4, 0.5) is 0 Å². The molecule has 0 spiro atoms. The van der Waals surface area contributed by atoms with Crippen molar-refractivity contribution >= 4 is 12.6 Å². The SMILES string of the molecule is CCNCCCCNCCCCNC/C=C(/CS)CNCCCCNCCCCNCC. The lowest BCUT2D eigenvalue weighted by molar-refractivity contribution is 0.561. The first kappa shape index (κ1) is 31.9. The molecule has 0 bridgehead atoms. The summed E-state index contributed by atoms with van der Waals surface area (Å²) in [5.74, 6) is 0.834. The van der Waals surface area contributed by atoms with Crippen LogP contribution in [0.15, 0.2) is 11.6 Å². The molecule has 0 rings (SSSR count). The van der Waals surface area contributed by atoms with Crippen molar-refractivity contribution in [1.82, 2.24) is 31.9 Å². The van der Waals surface area contributed by atoms with Crippen LogP contribution in [-0.2, 0) is 0 Å². The molecule has 0 aliphatic carbocycles. The minimum Gasteiger partial charge on any atom is -0.317 e. The van der Waals surface area contributed by atoms with E-state index in [1.54, 1.807) is 0 Å². The average Bonchev–Trinajstić information content (AvgIpc) is 2.81. The van der Waals surface area contributed by atoms with E-state index in [2.05, 4.69) is 64.5 Å². The first-order valence-corrected chi connectivity index (χ1v) is 14.0. The first-order chi connectivity index (χ1) is 15.8. The summed E-state index contributed by atoms with van der Waals surface area (Å²) in [5.41, 5.74) is 1.39. The van der Waals surface area contributed by atoms with Crippen LogP contribution in [-0.4, -0.2) is 84.3 Å². The Bertz CT molecular complexity index is 381. The molecule has 0 radical (unpaired) electrons. The number of hydrogen-bond donors (Lipinski definition) is 7. The van der Waals surface area contributed by atoms with Crippen LogP contribution in [0.1, 0.15) is 65.2 Å². The van der Waals surface area contributed by atoms with Gasteiger partial charge in [-0.2, -0.15) is 12.6 Å². The maximum absolute atomic E-state index is 4.48. The third-order valence-corrected chi connectivity index (χ3v) is 5.82. The van der Waals surface area contributed by atoms with Gasteiger partial charge in [0, 0.05) is 18.8 Å². The maximum Gasteiger partial charge on any atom is 0.0173 e. The van der Waals surface area contributed by atoms with Crippen molar-refractivity contribution in [3.8, 4) is 0 Å². The van der Waals surface area contributed by atoms with Crippen molar-refractivity contribution in [1.29, 1.82) is 0 Å². The van der Waals surface area contributed by atoms with E-state index in [1.165, 1.54) is 56.9 Å². The minimum absolute atomic E-state index is 0.834. The Balaban J connectivity index is 3.36. The Hall–Kier alpha value is -0.150. The topological polar surface area (TPSA) is 72.2 Å². The summed E-state index contributed by atoms with van der Waals surface area (Å²) in [6.45, 7) is 17.4. The Morgan fingerprint density at radius 2 is 0.906 bits per heavy atom. The quantitative estimate of drug-likeness (QED) is 0.0566. The van der Waals surface area contributed by atoms with E-state index in [9.17, 15) is 0 Å². The summed E-state index contributed by atoms with van der Waals surface area (Å²) >= 11 is 4.48. The lowest BCUT2D eigenvalue weighted by Crippen LogP contribution is -2.23. The predicted molar refractivity (Wildman–Crippen MR) is 147 cm³/mol. The molecular formula is C25H56N6S. The van der Waals surface area contributed by atoms with Gasteiger partial charge in [-0.25, -0.2) is 0 Å². The van der Waals surface area contributed by atoms with Crippen molar-refractivity contribution in [2.75, 3.05) is 84.3 Å². The largest absolute Gasteiger partial charge is 0.317 e. The first-order valence-electron chi connectivity index (χ1n) is 13.4. The van der Waals surface area contributed by atoms with Gasteiger partial charge >= 0.3 is 0 Å². The summed E-state index contributed by atoms with van der Waals surface area (Å²) in [5, 5.41) is 20.9. The van der Waals surface area contributed by atoms with Crippen molar-refractivity contribution in [3.05, 3.63) is 11.6 Å². The van der Waals surface area contributed by atoms with Gasteiger partial charge in [0.15, 0.2) is 0 Å². The molecule has 0 aliphatic heterocycles. The molecule has 32 heavy (non-hydrogen) atoms. The van der Waals surface area contributed by atoms with Gasteiger partial charge in [0.2, 0.25) is 0 Å². The Kier molecular flexibility index (Phi) is 28.7. The van der Waals surface area contributed by atoms with Crippen molar-refractivity contribution in [3.63, 3.8) is 0 Å². The Labute approximate surface area is 205 Å². The van der Waals surface area contributed by atoms with Gasteiger partial charge in [0.25, 0.3) is 0 Å². The molecule has 0 aromatic rings. The Morgan fingerprint density at radius 1 is 0.531 bits per heavy atom. The van der Waals surface area contributed by atoms with Crippen LogP contribution >= 0.6 is 12.6 Å². The molecule has 0 heterocycles. The van der Waals surface area contributed by atoms with E-state index in [1.807, 2.05) is 0 Å². The molecule has 0 aromatic heterocycles. The number of unbranched alkanes of at least 4 members (excludes halogenated alkanes) is 4. The fourth-order valence-corrected chi connectivity index (χ4v) is 3.60. The van der Waals surface area contributed by atoms with Gasteiger partial charge in [-0.15, -0.1) is 0 Å². The smallest absolute Gasteiger partial charge is 0.0173 e. The average molecular weight is 473 g/mol. The van der Waals surface area contributed by atoms with Crippen LogP contribution in [0.3, 0.4) is 0 Å². The Morgan fingerprint density at radius 3 is 1.31 bits per heavy atom. The van der Waals surface area contributed by atoms with E-state index < -0.39 is 0 Å². The minimum atomic E-state index is 0.834. The lowest BCUT2D eigenvalue weighted by atomic mass is 10.2. The van der Waals surface area contributed by atoms with Crippen molar-refractivity contribution < 1.29 is 0 Å². The molecule has 6 N–H and O–H groups in total. The standard InChI is InChI=1S/C25H56N6S/c1-3-26-14-5-7-16-28-18-9-10-20-30-22-13-25(24-32)23-31-21-12-11-19-29-17-8-6-15-27-4-2/h13,26-32H,3-12,14-24H2,1-2H3/b25-13+. The van der Waals surface area contributed by atoms with E-state index >= 15 is 0 Å². The van der Waals surface area contributed by atoms with Gasteiger partial charge in [0.1, 0.15) is 0 Å². The molecular weight excluding hydrogens is 416 g/mol. The number of thiol groups is 1. The molecule has 6 nitrogen and oxygen atoms in total. The number of rotatable bonds is 27. The van der Waals surface area contributed by atoms with Gasteiger partial charge in [-0.3, -0.25) is 0 Å². The molecule has 0 amide bonds. The molecule has 0 saturated heterocycles. The van der Waals surface area contributed by atoms with Crippen LogP contribution < -0.4 is 31.9 Å². The fraction of sp³-hybridized carbons (Fsp3) is 0.920. The van der Waals surface area contributed by atoms with Crippen molar-refractivity contribution in [2.24, 2.45) is 0 Å². The molecule has 192 valence electrons. The lowest BCUT2D eigenvalue weighted by Gasteiger charge is -2.09. The van der Waals surface area contributed by atoms with Gasteiger partial charge in [-0.1, -0.05) is 19.9 Å². The zero-order valence-electron chi connectivity index (χ0n) is 21.4. The van der Waals surface area contributed by atoms with Crippen LogP contribution in [0, 0.1) is 0 Å². The second-order valence-electron chi connectivity index (χ2n) is 8.44. The highest BCUT2D eigenvalue weighted by atomic mass is 32.1. The normalized spacial score (nSPS) is 12.0. The summed E-state index contributed by atoms with van der Waals surface area (Å²) in [7, 11) is 0. The van der Waals surface area contributed by atoms with Gasteiger partial charge < -0.3 is 31.9 Å². The van der Waals surface area contributed by atoms with Crippen molar-refractivity contribution in [2.45, 2.75) is 65.2 Å². The molecule has 0 aliphatic rings. The molecule has 7 heteroatoms. The number of hydrogen-bond acceptors (Lipinski definition) is 7. The molecule has 0 saturated carbocycles. The summed E-state index contributed by atoms with van der Waals surface area (Å²) < 4.78 is 0. The predicted octanol–water partition coefficient (Wildman–Crippen LogP) is 2.54. The second-order valence-corrected chi connectivity index (χ2v) is 8.75. The number of nitrogens with one attached hydrogen (secondary N) is 6. The zero-order valence-corrected chi connectivity index (χ0v) is 22.3. The van der Waals surface area contributed by atoms with E-state index in [-0.39, 0.29) is 0 Å². The highest BCUT2D eigenvalue weighted by Crippen LogP contribution is 1.96. The summed E-state index contributed by atoms with van der Waals surface area (Å²) in [4.78, 5) is 0. The van der Waals surface area contributed by atoms with Crippen LogP contribution in [0.2, 0.25) is 0 Å². The molecule has 0 atom stereocenters. The second kappa shape index (κ2) is 28.9.